The van der Waals surface area contributed by atoms with Gasteiger partial charge in [-0.1, -0.05) is 61.8 Å². The summed E-state index contributed by atoms with van der Waals surface area (Å²) in [5.41, 5.74) is 7.16. The van der Waals surface area contributed by atoms with Crippen LogP contribution < -0.4 is 0 Å². The van der Waals surface area contributed by atoms with Gasteiger partial charge in [-0.25, -0.2) is 8.75 Å². The topological polar surface area (TPSA) is 0 Å². The molecule has 0 aliphatic carbocycles. The van der Waals surface area contributed by atoms with E-state index in [-0.39, 0.29) is 0 Å². The summed E-state index contributed by atoms with van der Waals surface area (Å²) in [5.74, 6) is 0. The van der Waals surface area contributed by atoms with E-state index in [4.69, 9.17) is 0 Å². The quantitative estimate of drug-likeness (QED) is 0.356. The summed E-state index contributed by atoms with van der Waals surface area (Å²) in [6.07, 6.45) is 19.3. The minimum Gasteiger partial charge on any atom is -0.232 e. The van der Waals surface area contributed by atoms with E-state index in [0.29, 0.717) is 0 Å². The highest BCUT2D eigenvalue weighted by atomic mass is 32.3. The van der Waals surface area contributed by atoms with Crippen molar-refractivity contribution < 1.29 is 0 Å². The van der Waals surface area contributed by atoms with Crippen LogP contribution >= 0.6 is 8.75 Å². The van der Waals surface area contributed by atoms with E-state index < -0.39 is 8.75 Å². The first-order valence-electron chi connectivity index (χ1n) is 8.51. The first-order valence-corrected chi connectivity index (χ1v) is 11.8. The van der Waals surface area contributed by atoms with E-state index in [9.17, 15) is 0 Å². The van der Waals surface area contributed by atoms with Gasteiger partial charge in [0.1, 0.15) is 0 Å². The summed E-state index contributed by atoms with van der Waals surface area (Å²) in [6.45, 7) is 20.7. The molecule has 0 fully saturated rings. The predicted octanol–water partition coefficient (Wildman–Crippen LogP) is 7.00. The molecule has 1 heteroatoms. The molecule has 0 unspecified atom stereocenters. The molecular formula is C24H34S. The average Bonchev–Trinajstić information content (AvgIpc) is 2.47. The summed E-state index contributed by atoms with van der Waals surface area (Å²) in [4.78, 5) is 1.48. The number of allylic oxidation sites excluding steroid dienone is 12. The van der Waals surface area contributed by atoms with E-state index >= 15 is 0 Å². The number of hydrogen-bond donors (Lipinski definition) is 0. The molecule has 0 aromatic rings. The van der Waals surface area contributed by atoms with Crippen molar-refractivity contribution in [3.63, 3.8) is 0 Å². The average molecular weight is 355 g/mol. The molecule has 1 rings (SSSR count). The van der Waals surface area contributed by atoms with Gasteiger partial charge in [0, 0.05) is 0 Å². The lowest BCUT2D eigenvalue weighted by Gasteiger charge is -2.42. The van der Waals surface area contributed by atoms with Crippen molar-refractivity contribution in [2.24, 2.45) is 0 Å². The van der Waals surface area contributed by atoms with Gasteiger partial charge < -0.3 is 0 Å². The maximum absolute atomic E-state index is 4.34. The van der Waals surface area contributed by atoms with Crippen LogP contribution in [0.15, 0.2) is 95.0 Å². The lowest BCUT2D eigenvalue weighted by atomic mass is 9.91. The van der Waals surface area contributed by atoms with Gasteiger partial charge in [-0.15, -0.1) is 0 Å². The third kappa shape index (κ3) is 5.31. The minimum atomic E-state index is -1.69. The SMILES string of the molecule is C=CC(=C)/C=C\C=C/C(=C)C(C1=CC(C)=CS(C)(C)(C)=C1C)=C(C)C. The van der Waals surface area contributed by atoms with Crippen molar-refractivity contribution in [1.82, 2.24) is 0 Å². The molecule has 0 aromatic heterocycles. The Hall–Kier alpha value is -1.86. The maximum Gasteiger partial charge on any atom is -0.0102 e. The van der Waals surface area contributed by atoms with Crippen LogP contribution in [0.1, 0.15) is 27.7 Å². The second-order valence-electron chi connectivity index (χ2n) is 8.04. The van der Waals surface area contributed by atoms with E-state index in [0.717, 1.165) is 11.1 Å². The molecule has 136 valence electrons. The largest absolute Gasteiger partial charge is 0.232 e. The first kappa shape index (κ1) is 21.2. The predicted molar refractivity (Wildman–Crippen MR) is 123 cm³/mol. The van der Waals surface area contributed by atoms with Gasteiger partial charge in [-0.05, 0) is 84.6 Å². The molecule has 0 saturated heterocycles. The second kappa shape index (κ2) is 7.58. The monoisotopic (exact) mass is 354 g/mol. The van der Waals surface area contributed by atoms with Crippen molar-refractivity contribution in [2.45, 2.75) is 27.7 Å². The Bertz CT molecular complexity index is 822. The molecule has 25 heavy (non-hydrogen) atoms. The minimum absolute atomic E-state index is 0.900. The molecular weight excluding hydrogens is 320 g/mol. The Morgan fingerprint density at radius 2 is 1.56 bits per heavy atom. The first-order chi connectivity index (χ1) is 11.4. The van der Waals surface area contributed by atoms with Crippen LogP contribution in [0.2, 0.25) is 0 Å². The smallest absolute Gasteiger partial charge is 0.0102 e. The Morgan fingerprint density at radius 3 is 2.08 bits per heavy atom. The summed E-state index contributed by atoms with van der Waals surface area (Å²) < 4.78 is 0. The lowest BCUT2D eigenvalue weighted by molar-refractivity contribution is 1.29. The number of rotatable bonds is 6. The van der Waals surface area contributed by atoms with E-state index in [1.54, 1.807) is 6.08 Å². The van der Waals surface area contributed by atoms with Crippen LogP contribution in [-0.4, -0.2) is 23.6 Å². The molecule has 0 amide bonds. The van der Waals surface area contributed by atoms with Crippen molar-refractivity contribution in [3.05, 3.63) is 95.0 Å². The van der Waals surface area contributed by atoms with Crippen molar-refractivity contribution in [3.8, 4) is 0 Å². The maximum atomic E-state index is 4.34. The highest BCUT2D eigenvalue weighted by Crippen LogP contribution is 2.56. The van der Waals surface area contributed by atoms with Gasteiger partial charge >= 0.3 is 0 Å². The van der Waals surface area contributed by atoms with Crippen LogP contribution in [0.25, 0.3) is 0 Å². The van der Waals surface area contributed by atoms with Crippen LogP contribution in [0.5, 0.6) is 0 Å². The fraction of sp³-hybridized carbons (Fsp3) is 0.292. The third-order valence-electron chi connectivity index (χ3n) is 4.52. The van der Waals surface area contributed by atoms with E-state index in [1.165, 1.54) is 27.2 Å². The van der Waals surface area contributed by atoms with Crippen LogP contribution in [0, 0.1) is 0 Å². The van der Waals surface area contributed by atoms with Gasteiger partial charge in [-0.3, -0.25) is 0 Å². The van der Waals surface area contributed by atoms with Gasteiger partial charge in [0.15, 0.2) is 0 Å². The molecule has 0 radical (unpaired) electrons. The Morgan fingerprint density at radius 1 is 1.00 bits per heavy atom. The molecule has 1 aliphatic rings. The summed E-state index contributed by atoms with van der Waals surface area (Å²) in [7, 11) is -1.69. The zero-order chi connectivity index (χ0) is 19.4. The normalized spacial score (nSPS) is 20.4. The zero-order valence-corrected chi connectivity index (χ0v) is 17.9. The Labute approximate surface area is 155 Å². The second-order valence-corrected chi connectivity index (χ2v) is 14.2. The Kier molecular flexibility index (Phi) is 6.42. The standard InChI is InChI=1S/C24H34S/c1-11-19(4)14-12-13-15-21(6)24(18(2)3)23-16-20(5)17-25(8,9,10)22(23)7/h11-17H,1,4,6H2,2-3,5,7-10H3/b14-12-,15-13-. The molecule has 0 bridgehead atoms. The van der Waals surface area contributed by atoms with Crippen molar-refractivity contribution in [1.29, 1.82) is 0 Å². The zero-order valence-electron chi connectivity index (χ0n) is 17.1. The van der Waals surface area contributed by atoms with Gasteiger partial charge in [0.25, 0.3) is 0 Å². The fourth-order valence-corrected chi connectivity index (χ4v) is 5.50. The van der Waals surface area contributed by atoms with Gasteiger partial charge in [0.2, 0.25) is 0 Å². The summed E-state index contributed by atoms with van der Waals surface area (Å²) in [5, 5.41) is 2.46. The van der Waals surface area contributed by atoms with Crippen molar-refractivity contribution >= 4 is 13.6 Å². The van der Waals surface area contributed by atoms with Crippen molar-refractivity contribution in [2.75, 3.05) is 18.8 Å². The molecule has 0 nitrogen and oxygen atoms in total. The fourth-order valence-electron chi connectivity index (χ4n) is 3.01. The van der Waals surface area contributed by atoms with Gasteiger partial charge in [-0.2, -0.15) is 0 Å². The number of hydrogen-bond acceptors (Lipinski definition) is 0. The lowest BCUT2D eigenvalue weighted by Crippen LogP contribution is -2.18. The summed E-state index contributed by atoms with van der Waals surface area (Å²) >= 11 is 0. The highest BCUT2D eigenvalue weighted by Gasteiger charge is 2.25. The molecule has 0 saturated carbocycles. The van der Waals surface area contributed by atoms with Crippen LogP contribution in [0.4, 0.5) is 0 Å². The molecule has 1 aliphatic heterocycles. The molecule has 0 N–H and O–H groups in total. The Balaban J connectivity index is 3.35. The molecule has 0 atom stereocenters. The van der Waals surface area contributed by atoms with Gasteiger partial charge in [0.05, 0.1) is 0 Å². The highest BCUT2D eigenvalue weighted by molar-refractivity contribution is 8.48. The van der Waals surface area contributed by atoms with E-state index in [1.807, 2.05) is 18.2 Å². The molecule has 0 aromatic carbocycles. The molecule has 1 heterocycles. The van der Waals surface area contributed by atoms with E-state index in [2.05, 4.69) is 83.8 Å². The summed E-state index contributed by atoms with van der Waals surface area (Å²) in [6, 6.07) is 0. The van der Waals surface area contributed by atoms with Crippen LogP contribution in [0.3, 0.4) is 0 Å². The molecule has 0 spiro atoms. The third-order valence-corrected chi connectivity index (χ3v) is 8.12. The van der Waals surface area contributed by atoms with Crippen LogP contribution in [-0.2, 0) is 0 Å².